The highest BCUT2D eigenvalue weighted by Gasteiger charge is 2.64. The van der Waals surface area contributed by atoms with Gasteiger partial charge < -0.3 is 15.8 Å². The molecule has 1 aromatic rings. The lowest BCUT2D eigenvalue weighted by Crippen LogP contribution is -2.10. The van der Waals surface area contributed by atoms with Gasteiger partial charge >= 0.3 is 0 Å². The molecule has 17 heavy (non-hydrogen) atoms. The first-order chi connectivity index (χ1) is 7.80. The van der Waals surface area contributed by atoms with Crippen LogP contribution in [0.3, 0.4) is 0 Å². The maximum atomic E-state index is 5.80. The topological polar surface area (TPSA) is 47.3 Å². The van der Waals surface area contributed by atoms with E-state index >= 15 is 0 Å². The predicted molar refractivity (Wildman–Crippen MR) is 72.4 cm³/mol. The summed E-state index contributed by atoms with van der Waals surface area (Å²) in [5.41, 5.74) is 8.18. The molecule has 94 valence electrons. The van der Waals surface area contributed by atoms with E-state index in [1.54, 1.807) is 7.11 Å². The zero-order chi connectivity index (χ0) is 12.8. The Morgan fingerprint density at radius 2 is 1.76 bits per heavy atom. The van der Waals surface area contributed by atoms with Gasteiger partial charge in [0.1, 0.15) is 5.75 Å². The van der Waals surface area contributed by atoms with Gasteiger partial charge in [-0.3, -0.25) is 0 Å². The van der Waals surface area contributed by atoms with Crippen LogP contribution in [-0.2, 0) is 0 Å². The second-order valence-corrected chi connectivity index (χ2v) is 5.98. The van der Waals surface area contributed by atoms with Gasteiger partial charge in [-0.05, 0) is 23.0 Å². The van der Waals surface area contributed by atoms with Crippen LogP contribution in [0.4, 0.5) is 11.4 Å². The number of nitrogens with one attached hydrogen (secondary N) is 1. The monoisotopic (exact) mass is 234 g/mol. The quantitative estimate of drug-likeness (QED) is 0.790. The molecule has 0 bridgehead atoms. The largest absolute Gasteiger partial charge is 0.495 e. The minimum Gasteiger partial charge on any atom is -0.495 e. The number of hydrogen-bond acceptors (Lipinski definition) is 3. The van der Waals surface area contributed by atoms with Gasteiger partial charge in [0.25, 0.3) is 0 Å². The number of anilines is 2. The van der Waals surface area contributed by atoms with E-state index in [1.807, 2.05) is 18.2 Å². The van der Waals surface area contributed by atoms with E-state index in [1.165, 1.54) is 0 Å². The van der Waals surface area contributed by atoms with E-state index in [4.69, 9.17) is 10.5 Å². The molecular weight excluding hydrogens is 212 g/mol. The highest BCUT2D eigenvalue weighted by Crippen LogP contribution is 2.63. The van der Waals surface area contributed by atoms with Crippen molar-refractivity contribution in [3.8, 4) is 5.75 Å². The SMILES string of the molecule is COc1cc(NC2C(C)(C)C2(C)C)ccc1N. The van der Waals surface area contributed by atoms with Crippen LogP contribution < -0.4 is 15.8 Å². The number of hydrogen-bond donors (Lipinski definition) is 2. The fraction of sp³-hybridized carbons (Fsp3) is 0.571. The smallest absolute Gasteiger partial charge is 0.143 e. The molecule has 3 N–H and O–H groups in total. The van der Waals surface area contributed by atoms with Crippen LogP contribution in [0.1, 0.15) is 27.7 Å². The van der Waals surface area contributed by atoms with Crippen molar-refractivity contribution in [2.24, 2.45) is 10.8 Å². The third-order valence-corrected chi connectivity index (χ3v) is 4.57. The van der Waals surface area contributed by atoms with E-state index in [9.17, 15) is 0 Å². The number of rotatable bonds is 3. The number of ether oxygens (including phenoxy) is 1. The van der Waals surface area contributed by atoms with Crippen molar-refractivity contribution in [2.45, 2.75) is 33.7 Å². The average Bonchev–Trinajstić information content (AvgIpc) is 2.63. The first-order valence-corrected chi connectivity index (χ1v) is 6.01. The van der Waals surface area contributed by atoms with Gasteiger partial charge in [-0.1, -0.05) is 27.7 Å². The van der Waals surface area contributed by atoms with Gasteiger partial charge in [-0.25, -0.2) is 0 Å². The van der Waals surface area contributed by atoms with E-state index < -0.39 is 0 Å². The van der Waals surface area contributed by atoms with Gasteiger partial charge in [0.05, 0.1) is 12.8 Å². The highest BCUT2D eigenvalue weighted by atomic mass is 16.5. The first-order valence-electron chi connectivity index (χ1n) is 6.01. The van der Waals surface area contributed by atoms with Gasteiger partial charge in [0.2, 0.25) is 0 Å². The highest BCUT2D eigenvalue weighted by molar-refractivity contribution is 5.62. The van der Waals surface area contributed by atoms with Crippen LogP contribution in [0, 0.1) is 10.8 Å². The number of benzene rings is 1. The molecule has 0 atom stereocenters. The zero-order valence-corrected chi connectivity index (χ0v) is 11.3. The van der Waals surface area contributed by atoms with Gasteiger partial charge in [0, 0.05) is 17.8 Å². The summed E-state index contributed by atoms with van der Waals surface area (Å²) >= 11 is 0. The molecule has 0 aromatic heterocycles. The molecule has 1 aromatic carbocycles. The summed E-state index contributed by atoms with van der Waals surface area (Å²) in [6.45, 7) is 9.16. The lowest BCUT2D eigenvalue weighted by molar-refractivity contribution is 0.417. The molecule has 0 amide bonds. The summed E-state index contributed by atoms with van der Waals surface area (Å²) in [4.78, 5) is 0. The number of nitrogens with two attached hydrogens (primary N) is 1. The Bertz CT molecular complexity index is 424. The fourth-order valence-electron chi connectivity index (χ4n) is 2.52. The van der Waals surface area contributed by atoms with Crippen LogP contribution in [0.25, 0.3) is 0 Å². The summed E-state index contributed by atoms with van der Waals surface area (Å²) in [5, 5.41) is 3.56. The maximum absolute atomic E-state index is 5.80. The molecule has 0 heterocycles. The third-order valence-electron chi connectivity index (χ3n) is 4.57. The van der Waals surface area contributed by atoms with E-state index in [0.717, 1.165) is 11.4 Å². The molecule has 0 spiro atoms. The summed E-state index contributed by atoms with van der Waals surface area (Å²) in [6.07, 6.45) is 0. The molecule has 1 fully saturated rings. The van der Waals surface area contributed by atoms with Crippen molar-refractivity contribution in [1.82, 2.24) is 0 Å². The summed E-state index contributed by atoms with van der Waals surface area (Å²) in [6, 6.07) is 6.33. The van der Waals surface area contributed by atoms with Gasteiger partial charge in [0.15, 0.2) is 0 Å². The van der Waals surface area contributed by atoms with Crippen molar-refractivity contribution in [2.75, 3.05) is 18.2 Å². The maximum Gasteiger partial charge on any atom is 0.143 e. The van der Waals surface area contributed by atoms with E-state index in [0.29, 0.717) is 22.6 Å². The van der Waals surface area contributed by atoms with Crippen LogP contribution in [0.15, 0.2) is 18.2 Å². The molecule has 1 aliphatic carbocycles. The van der Waals surface area contributed by atoms with E-state index in [2.05, 4.69) is 33.0 Å². The zero-order valence-electron chi connectivity index (χ0n) is 11.3. The Morgan fingerprint density at radius 1 is 1.18 bits per heavy atom. The number of methoxy groups -OCH3 is 1. The molecule has 1 aliphatic rings. The molecule has 0 saturated heterocycles. The molecule has 0 radical (unpaired) electrons. The fourth-order valence-corrected chi connectivity index (χ4v) is 2.52. The van der Waals surface area contributed by atoms with Crippen LogP contribution >= 0.6 is 0 Å². The summed E-state index contributed by atoms with van der Waals surface area (Å²) < 4.78 is 5.23. The Labute approximate surface area is 103 Å². The van der Waals surface area contributed by atoms with Crippen molar-refractivity contribution in [3.63, 3.8) is 0 Å². The summed E-state index contributed by atoms with van der Waals surface area (Å²) in [7, 11) is 1.64. The van der Waals surface area contributed by atoms with Gasteiger partial charge in [-0.15, -0.1) is 0 Å². The Morgan fingerprint density at radius 3 is 2.24 bits per heavy atom. The molecular formula is C14H22N2O. The average molecular weight is 234 g/mol. The number of nitrogen functional groups attached to an aromatic ring is 1. The molecule has 3 heteroatoms. The minimum absolute atomic E-state index is 0.321. The molecule has 2 rings (SSSR count). The molecule has 0 unspecified atom stereocenters. The predicted octanol–water partition coefficient (Wildman–Crippen LogP) is 3.12. The van der Waals surface area contributed by atoms with Crippen molar-refractivity contribution in [1.29, 1.82) is 0 Å². The Balaban J connectivity index is 2.16. The van der Waals surface area contributed by atoms with Crippen LogP contribution in [0.5, 0.6) is 5.75 Å². The van der Waals surface area contributed by atoms with Crippen LogP contribution in [-0.4, -0.2) is 13.2 Å². The standard InChI is InChI=1S/C14H22N2O/c1-13(2)12(14(13,3)4)16-9-6-7-10(15)11(8-9)17-5/h6-8,12,16H,15H2,1-5H3. The third kappa shape index (κ3) is 1.74. The van der Waals surface area contributed by atoms with Crippen molar-refractivity contribution < 1.29 is 4.74 Å². The second kappa shape index (κ2) is 3.56. The Kier molecular flexibility index (Phi) is 2.53. The van der Waals surface area contributed by atoms with Crippen molar-refractivity contribution in [3.05, 3.63) is 18.2 Å². The van der Waals surface area contributed by atoms with Crippen LogP contribution in [0.2, 0.25) is 0 Å². The van der Waals surface area contributed by atoms with E-state index in [-0.39, 0.29) is 0 Å². The van der Waals surface area contributed by atoms with Crippen molar-refractivity contribution >= 4 is 11.4 Å². The summed E-state index contributed by atoms with van der Waals surface area (Å²) in [5.74, 6) is 0.728. The van der Waals surface area contributed by atoms with Gasteiger partial charge in [-0.2, -0.15) is 0 Å². The normalized spacial score (nSPS) is 21.0. The molecule has 3 nitrogen and oxygen atoms in total. The lowest BCUT2D eigenvalue weighted by Gasteiger charge is -2.11. The molecule has 1 saturated carbocycles. The minimum atomic E-state index is 0.321. The lowest BCUT2D eigenvalue weighted by atomic mass is 10.0. The second-order valence-electron chi connectivity index (χ2n) is 5.98. The Hall–Kier alpha value is -1.38. The molecule has 0 aliphatic heterocycles. The first kappa shape index (κ1) is 12.1.